The van der Waals surface area contributed by atoms with Gasteiger partial charge in [-0.1, -0.05) is 6.42 Å². The SMILES string of the molecule is CC(C)(C)OC(=O)Nc1cc(NC(=O)Cn2nc3n(c2=O)CCCCC3)ccc1F. The molecule has 30 heavy (non-hydrogen) atoms. The molecule has 2 N–H and O–H groups in total. The number of benzene rings is 1. The van der Waals surface area contributed by atoms with E-state index < -0.39 is 23.4 Å². The van der Waals surface area contributed by atoms with Gasteiger partial charge in [0.15, 0.2) is 0 Å². The van der Waals surface area contributed by atoms with E-state index >= 15 is 0 Å². The van der Waals surface area contributed by atoms with Crippen LogP contribution in [0.25, 0.3) is 0 Å². The molecule has 0 radical (unpaired) electrons. The lowest BCUT2D eigenvalue weighted by Crippen LogP contribution is -2.30. The Morgan fingerprint density at radius 3 is 2.70 bits per heavy atom. The van der Waals surface area contributed by atoms with E-state index in [4.69, 9.17) is 4.74 Å². The normalized spacial score (nSPS) is 13.9. The molecule has 9 nitrogen and oxygen atoms in total. The highest BCUT2D eigenvalue weighted by Gasteiger charge is 2.19. The fraction of sp³-hybridized carbons (Fsp3) is 0.500. The van der Waals surface area contributed by atoms with Gasteiger partial charge in [0, 0.05) is 18.7 Å². The minimum atomic E-state index is -0.809. The highest BCUT2D eigenvalue weighted by atomic mass is 19.1. The van der Waals surface area contributed by atoms with Gasteiger partial charge in [-0.25, -0.2) is 18.7 Å². The fourth-order valence-corrected chi connectivity index (χ4v) is 3.18. The quantitative estimate of drug-likeness (QED) is 0.792. The second-order valence-electron chi connectivity index (χ2n) is 8.19. The molecule has 0 bridgehead atoms. The minimum Gasteiger partial charge on any atom is -0.444 e. The van der Waals surface area contributed by atoms with Crippen LogP contribution in [0.1, 0.15) is 45.9 Å². The van der Waals surface area contributed by atoms with Gasteiger partial charge in [-0.2, -0.15) is 5.10 Å². The number of hydrogen-bond donors (Lipinski definition) is 2. The molecule has 0 aliphatic carbocycles. The van der Waals surface area contributed by atoms with Crippen LogP contribution in [0, 0.1) is 5.82 Å². The van der Waals surface area contributed by atoms with Crippen LogP contribution in [0.3, 0.4) is 0 Å². The molecular weight excluding hydrogens is 393 g/mol. The number of anilines is 2. The van der Waals surface area contributed by atoms with Gasteiger partial charge in [-0.15, -0.1) is 0 Å². The summed E-state index contributed by atoms with van der Waals surface area (Å²) in [6.07, 6.45) is 2.82. The molecule has 1 aromatic heterocycles. The van der Waals surface area contributed by atoms with E-state index in [1.807, 2.05) is 0 Å². The average molecular weight is 419 g/mol. The molecule has 10 heteroatoms. The number of rotatable bonds is 4. The maximum atomic E-state index is 14.0. The number of halogens is 1. The zero-order valence-corrected chi connectivity index (χ0v) is 17.3. The largest absolute Gasteiger partial charge is 0.444 e. The Bertz CT molecular complexity index is 1010. The first kappa shape index (κ1) is 21.5. The van der Waals surface area contributed by atoms with Gasteiger partial charge in [-0.3, -0.25) is 14.7 Å². The Balaban J connectivity index is 1.67. The van der Waals surface area contributed by atoms with Gasteiger partial charge in [-0.05, 0) is 51.8 Å². The Kier molecular flexibility index (Phi) is 6.23. The predicted octanol–water partition coefficient (Wildman–Crippen LogP) is 2.90. The first-order valence-corrected chi connectivity index (χ1v) is 9.88. The standard InChI is InChI=1S/C20H26FN5O4/c1-20(2,3)30-18(28)23-15-11-13(8-9-14(15)21)22-17(27)12-26-19(29)25-10-6-4-5-7-16(25)24-26/h8-9,11H,4-7,10,12H2,1-3H3,(H,22,27)(H,23,28). The van der Waals surface area contributed by atoms with Crippen LogP contribution < -0.4 is 16.3 Å². The van der Waals surface area contributed by atoms with Crippen molar-refractivity contribution in [2.75, 3.05) is 10.6 Å². The third kappa shape index (κ3) is 5.46. The lowest BCUT2D eigenvalue weighted by atomic mass is 10.2. The molecule has 162 valence electrons. The average Bonchev–Trinajstić information content (AvgIpc) is 2.80. The van der Waals surface area contributed by atoms with Crippen molar-refractivity contribution in [3.05, 3.63) is 40.3 Å². The number of aryl methyl sites for hydroxylation is 1. The van der Waals surface area contributed by atoms with Gasteiger partial charge in [0.05, 0.1) is 5.69 Å². The molecule has 3 rings (SSSR count). The van der Waals surface area contributed by atoms with E-state index in [0.717, 1.165) is 30.0 Å². The molecule has 2 heterocycles. The summed E-state index contributed by atoms with van der Waals surface area (Å²) in [4.78, 5) is 36.7. The smallest absolute Gasteiger partial charge is 0.412 e. The molecule has 0 saturated carbocycles. The molecule has 0 atom stereocenters. The number of hydrogen-bond acceptors (Lipinski definition) is 5. The van der Waals surface area contributed by atoms with Crippen molar-refractivity contribution in [2.45, 2.75) is 65.1 Å². The number of carbonyl (C=O) groups is 2. The number of aromatic nitrogens is 3. The fourth-order valence-electron chi connectivity index (χ4n) is 3.18. The molecule has 0 spiro atoms. The second-order valence-corrected chi connectivity index (χ2v) is 8.19. The summed E-state index contributed by atoms with van der Waals surface area (Å²) in [7, 11) is 0. The molecule has 1 aliphatic heterocycles. The van der Waals surface area contributed by atoms with Gasteiger partial charge in [0.25, 0.3) is 0 Å². The molecule has 1 aromatic carbocycles. The molecule has 2 amide bonds. The number of ether oxygens (including phenoxy) is 1. The summed E-state index contributed by atoms with van der Waals surface area (Å²) in [6, 6.07) is 3.76. The van der Waals surface area contributed by atoms with Crippen LogP contribution >= 0.6 is 0 Å². The Morgan fingerprint density at radius 2 is 1.97 bits per heavy atom. The lowest BCUT2D eigenvalue weighted by molar-refractivity contribution is -0.117. The van der Waals surface area contributed by atoms with Crippen molar-refractivity contribution in [1.29, 1.82) is 0 Å². The number of amides is 2. The Morgan fingerprint density at radius 1 is 1.20 bits per heavy atom. The van der Waals surface area contributed by atoms with E-state index in [9.17, 15) is 18.8 Å². The van der Waals surface area contributed by atoms with Crippen molar-refractivity contribution in [1.82, 2.24) is 14.3 Å². The van der Waals surface area contributed by atoms with Crippen LogP contribution in [0.2, 0.25) is 0 Å². The topological polar surface area (TPSA) is 107 Å². The van der Waals surface area contributed by atoms with Crippen molar-refractivity contribution in [3.8, 4) is 0 Å². The van der Waals surface area contributed by atoms with Gasteiger partial charge < -0.3 is 10.1 Å². The minimum absolute atomic E-state index is 0.132. The summed E-state index contributed by atoms with van der Waals surface area (Å²) in [5.74, 6) is -0.468. The van der Waals surface area contributed by atoms with Crippen molar-refractivity contribution >= 4 is 23.4 Å². The zero-order valence-electron chi connectivity index (χ0n) is 17.3. The molecule has 0 saturated heterocycles. The summed E-state index contributed by atoms with van der Waals surface area (Å²) < 4.78 is 21.9. The van der Waals surface area contributed by atoms with E-state index in [0.29, 0.717) is 18.8 Å². The molecule has 2 aromatic rings. The molecule has 1 aliphatic rings. The van der Waals surface area contributed by atoms with Crippen LogP contribution in [-0.2, 0) is 29.0 Å². The van der Waals surface area contributed by atoms with E-state index in [1.165, 1.54) is 12.1 Å². The van der Waals surface area contributed by atoms with Crippen LogP contribution in [0.5, 0.6) is 0 Å². The van der Waals surface area contributed by atoms with Gasteiger partial charge >= 0.3 is 11.8 Å². The van der Waals surface area contributed by atoms with Crippen LogP contribution in [0.15, 0.2) is 23.0 Å². The maximum Gasteiger partial charge on any atom is 0.412 e. The third-order valence-electron chi connectivity index (χ3n) is 4.46. The molecule has 0 unspecified atom stereocenters. The number of nitrogens with one attached hydrogen (secondary N) is 2. The van der Waals surface area contributed by atoms with Crippen molar-refractivity contribution < 1.29 is 18.7 Å². The Labute approximate surface area is 173 Å². The lowest BCUT2D eigenvalue weighted by Gasteiger charge is -2.20. The number of carbonyl (C=O) groups excluding carboxylic acids is 2. The molecule has 0 fully saturated rings. The monoisotopic (exact) mass is 419 g/mol. The predicted molar refractivity (Wildman–Crippen MR) is 109 cm³/mol. The van der Waals surface area contributed by atoms with E-state index in [1.54, 1.807) is 25.3 Å². The summed E-state index contributed by atoms with van der Waals surface area (Å²) in [5, 5.41) is 9.18. The van der Waals surface area contributed by atoms with Gasteiger partial charge in [0.2, 0.25) is 5.91 Å². The van der Waals surface area contributed by atoms with Crippen LogP contribution in [0.4, 0.5) is 20.6 Å². The first-order valence-electron chi connectivity index (χ1n) is 9.88. The summed E-state index contributed by atoms with van der Waals surface area (Å²) >= 11 is 0. The zero-order chi connectivity index (χ0) is 21.9. The van der Waals surface area contributed by atoms with Crippen molar-refractivity contribution in [3.63, 3.8) is 0 Å². The van der Waals surface area contributed by atoms with Crippen LogP contribution in [-0.4, -0.2) is 31.9 Å². The maximum absolute atomic E-state index is 14.0. The third-order valence-corrected chi connectivity index (χ3v) is 4.46. The van der Waals surface area contributed by atoms with Gasteiger partial charge in [0.1, 0.15) is 23.8 Å². The van der Waals surface area contributed by atoms with Crippen molar-refractivity contribution in [2.24, 2.45) is 0 Å². The first-order chi connectivity index (χ1) is 14.1. The summed E-state index contributed by atoms with van der Waals surface area (Å²) in [5.41, 5.74) is -0.912. The molecular formula is C20H26FN5O4. The Hall–Kier alpha value is -3.17. The number of nitrogens with zero attached hydrogens (tertiary/aromatic N) is 3. The highest BCUT2D eigenvalue weighted by molar-refractivity contribution is 5.92. The van der Waals surface area contributed by atoms with E-state index in [2.05, 4.69) is 15.7 Å². The van der Waals surface area contributed by atoms with E-state index in [-0.39, 0.29) is 23.6 Å². The second kappa shape index (κ2) is 8.68. The highest BCUT2D eigenvalue weighted by Crippen LogP contribution is 2.21. The number of fused-ring (bicyclic) bond motifs is 1. The summed E-state index contributed by atoms with van der Waals surface area (Å²) in [6.45, 7) is 5.42.